The van der Waals surface area contributed by atoms with Gasteiger partial charge in [-0.05, 0) is 76.0 Å². The van der Waals surface area contributed by atoms with Gasteiger partial charge in [0.25, 0.3) is 0 Å². The molecular formula is C25H32N4O. The first kappa shape index (κ1) is 20.6. The topological polar surface area (TPSA) is 50.2 Å². The van der Waals surface area contributed by atoms with E-state index in [1.807, 2.05) is 18.2 Å². The molecule has 0 aliphatic carbocycles. The lowest BCUT2D eigenvalue weighted by molar-refractivity contribution is -0.121. The van der Waals surface area contributed by atoms with E-state index in [1.54, 1.807) is 0 Å². The van der Waals surface area contributed by atoms with Gasteiger partial charge >= 0.3 is 0 Å². The van der Waals surface area contributed by atoms with E-state index >= 15 is 0 Å². The van der Waals surface area contributed by atoms with Gasteiger partial charge in [-0.1, -0.05) is 31.2 Å². The first-order valence-electron chi connectivity index (χ1n) is 11.1. The Hall–Kier alpha value is -2.66. The Balaban J connectivity index is 1.37. The van der Waals surface area contributed by atoms with Crippen molar-refractivity contribution in [3.63, 3.8) is 0 Å². The number of carbonyl (C=O) groups excluding carboxylic acids is 1. The van der Waals surface area contributed by atoms with Crippen molar-refractivity contribution in [2.45, 2.75) is 52.6 Å². The van der Waals surface area contributed by atoms with Gasteiger partial charge in [-0.15, -0.1) is 0 Å². The van der Waals surface area contributed by atoms with Gasteiger partial charge in [0.2, 0.25) is 5.91 Å². The van der Waals surface area contributed by atoms with Gasteiger partial charge < -0.3 is 9.88 Å². The van der Waals surface area contributed by atoms with Crippen LogP contribution in [0.25, 0.3) is 11.0 Å². The van der Waals surface area contributed by atoms with Crippen molar-refractivity contribution in [3.05, 3.63) is 59.9 Å². The van der Waals surface area contributed by atoms with E-state index in [-0.39, 0.29) is 11.8 Å². The van der Waals surface area contributed by atoms with Crippen LogP contribution in [0, 0.1) is 5.92 Å². The number of carbonyl (C=O) groups is 1. The second-order valence-electron chi connectivity index (χ2n) is 8.57. The molecule has 0 atom stereocenters. The lowest BCUT2D eigenvalue weighted by Crippen LogP contribution is -2.38. The molecule has 5 heteroatoms. The molecule has 1 saturated heterocycles. The van der Waals surface area contributed by atoms with Crippen molar-refractivity contribution < 1.29 is 4.79 Å². The highest BCUT2D eigenvalue weighted by atomic mass is 16.1. The van der Waals surface area contributed by atoms with Crippen LogP contribution in [0.3, 0.4) is 0 Å². The van der Waals surface area contributed by atoms with E-state index in [2.05, 4.69) is 65.9 Å². The van der Waals surface area contributed by atoms with E-state index in [0.29, 0.717) is 6.04 Å². The summed E-state index contributed by atoms with van der Waals surface area (Å²) < 4.78 is 2.34. The molecular weight excluding hydrogens is 372 g/mol. The molecule has 0 radical (unpaired) electrons. The number of benzene rings is 2. The highest BCUT2D eigenvalue weighted by molar-refractivity contribution is 5.92. The number of hydrogen-bond donors (Lipinski definition) is 1. The van der Waals surface area contributed by atoms with Gasteiger partial charge in [0.15, 0.2) is 0 Å². The number of aromatic nitrogens is 2. The first-order chi connectivity index (χ1) is 14.5. The largest absolute Gasteiger partial charge is 0.326 e. The van der Waals surface area contributed by atoms with Crippen molar-refractivity contribution in [3.8, 4) is 0 Å². The second kappa shape index (κ2) is 9.00. The predicted octanol–water partition coefficient (Wildman–Crippen LogP) is 5.03. The molecule has 0 unspecified atom stereocenters. The van der Waals surface area contributed by atoms with E-state index < -0.39 is 0 Å². The molecule has 158 valence electrons. The van der Waals surface area contributed by atoms with E-state index in [9.17, 15) is 4.79 Å². The zero-order valence-corrected chi connectivity index (χ0v) is 18.3. The van der Waals surface area contributed by atoms with Crippen LogP contribution in [0.4, 0.5) is 5.69 Å². The molecule has 0 spiro atoms. The number of rotatable bonds is 6. The minimum atomic E-state index is 0.0791. The average molecular weight is 405 g/mol. The molecule has 2 aromatic carbocycles. The molecule has 1 fully saturated rings. The summed E-state index contributed by atoms with van der Waals surface area (Å²) in [4.78, 5) is 20.1. The summed E-state index contributed by atoms with van der Waals surface area (Å²) in [7, 11) is 0. The Bertz CT molecular complexity index is 1010. The zero-order valence-electron chi connectivity index (χ0n) is 18.3. The fourth-order valence-corrected chi connectivity index (χ4v) is 4.45. The number of aryl methyl sites for hydroxylation is 1. The molecule has 0 saturated carbocycles. The number of para-hydroxylation sites is 2. The van der Waals surface area contributed by atoms with Crippen LogP contribution in [0.1, 0.15) is 51.0 Å². The standard InChI is InChI=1S/C25H32N4O/c1-4-19-8-7-9-21(16-19)26-25(30)20-12-14-28(15-13-20)17-24-27-22-10-5-6-11-23(22)29(24)18(2)3/h5-11,16,18,20H,4,12-15,17H2,1-3H3,(H,26,30). The Labute approximate surface area is 179 Å². The molecule has 4 rings (SSSR count). The van der Waals surface area contributed by atoms with Crippen molar-refractivity contribution in [2.24, 2.45) is 5.92 Å². The quantitative estimate of drug-likeness (QED) is 0.627. The highest BCUT2D eigenvalue weighted by Crippen LogP contribution is 2.25. The number of amides is 1. The molecule has 1 amide bonds. The van der Waals surface area contributed by atoms with Crippen LogP contribution in [-0.2, 0) is 17.8 Å². The van der Waals surface area contributed by atoms with Crippen LogP contribution in [0.2, 0.25) is 0 Å². The SMILES string of the molecule is CCc1cccc(NC(=O)C2CCN(Cc3nc4ccccc4n3C(C)C)CC2)c1. The molecule has 1 aromatic heterocycles. The van der Waals surface area contributed by atoms with Crippen molar-refractivity contribution in [2.75, 3.05) is 18.4 Å². The number of likely N-dealkylation sites (tertiary alicyclic amines) is 1. The number of imidazole rings is 1. The fraction of sp³-hybridized carbons (Fsp3) is 0.440. The third-order valence-corrected chi connectivity index (χ3v) is 6.11. The van der Waals surface area contributed by atoms with Gasteiger partial charge in [0.05, 0.1) is 17.6 Å². The second-order valence-corrected chi connectivity index (χ2v) is 8.57. The van der Waals surface area contributed by atoms with Gasteiger partial charge in [-0.2, -0.15) is 0 Å². The van der Waals surface area contributed by atoms with Crippen LogP contribution in [0.15, 0.2) is 48.5 Å². The number of anilines is 1. The molecule has 0 bridgehead atoms. The highest BCUT2D eigenvalue weighted by Gasteiger charge is 2.26. The Morgan fingerprint density at radius 2 is 1.90 bits per heavy atom. The zero-order chi connectivity index (χ0) is 21.1. The maximum absolute atomic E-state index is 12.7. The number of piperidine rings is 1. The summed E-state index contributed by atoms with van der Waals surface area (Å²) in [5.41, 5.74) is 4.42. The molecule has 1 N–H and O–H groups in total. The summed E-state index contributed by atoms with van der Waals surface area (Å²) in [6.07, 6.45) is 2.76. The Kier molecular flexibility index (Phi) is 6.18. The van der Waals surface area contributed by atoms with Gasteiger partial charge in [0.1, 0.15) is 5.82 Å². The van der Waals surface area contributed by atoms with Crippen LogP contribution in [-0.4, -0.2) is 33.4 Å². The van der Waals surface area contributed by atoms with Gasteiger partial charge in [0, 0.05) is 17.6 Å². The van der Waals surface area contributed by atoms with Crippen LogP contribution in [0.5, 0.6) is 0 Å². The van der Waals surface area contributed by atoms with Crippen LogP contribution >= 0.6 is 0 Å². The van der Waals surface area contributed by atoms with Crippen molar-refractivity contribution >= 4 is 22.6 Å². The van der Waals surface area contributed by atoms with E-state index in [0.717, 1.165) is 55.9 Å². The van der Waals surface area contributed by atoms with Gasteiger partial charge in [-0.25, -0.2) is 4.98 Å². The lowest BCUT2D eigenvalue weighted by atomic mass is 9.95. The summed E-state index contributed by atoms with van der Waals surface area (Å²) in [5, 5.41) is 3.12. The van der Waals surface area contributed by atoms with Crippen molar-refractivity contribution in [1.82, 2.24) is 14.5 Å². The monoisotopic (exact) mass is 404 g/mol. The van der Waals surface area contributed by atoms with Gasteiger partial charge in [-0.3, -0.25) is 9.69 Å². The third-order valence-electron chi connectivity index (χ3n) is 6.11. The summed E-state index contributed by atoms with van der Waals surface area (Å²) >= 11 is 0. The minimum absolute atomic E-state index is 0.0791. The first-order valence-corrected chi connectivity index (χ1v) is 11.1. The number of hydrogen-bond acceptors (Lipinski definition) is 3. The Morgan fingerprint density at radius 3 is 2.63 bits per heavy atom. The maximum atomic E-state index is 12.7. The fourth-order valence-electron chi connectivity index (χ4n) is 4.45. The molecule has 30 heavy (non-hydrogen) atoms. The van der Waals surface area contributed by atoms with Crippen molar-refractivity contribution in [1.29, 1.82) is 0 Å². The average Bonchev–Trinajstić information content (AvgIpc) is 3.12. The number of fused-ring (bicyclic) bond motifs is 1. The molecule has 3 aromatic rings. The molecule has 1 aliphatic rings. The minimum Gasteiger partial charge on any atom is -0.326 e. The lowest BCUT2D eigenvalue weighted by Gasteiger charge is -2.31. The Morgan fingerprint density at radius 1 is 1.13 bits per heavy atom. The summed E-state index contributed by atoms with van der Waals surface area (Å²) in [6, 6.07) is 16.9. The maximum Gasteiger partial charge on any atom is 0.227 e. The smallest absolute Gasteiger partial charge is 0.227 e. The number of nitrogens with zero attached hydrogens (tertiary/aromatic N) is 3. The number of nitrogens with one attached hydrogen (secondary N) is 1. The molecule has 2 heterocycles. The predicted molar refractivity (Wildman–Crippen MR) is 123 cm³/mol. The summed E-state index contributed by atoms with van der Waals surface area (Å²) in [6.45, 7) is 9.23. The van der Waals surface area contributed by atoms with Crippen LogP contribution < -0.4 is 5.32 Å². The normalized spacial score (nSPS) is 15.7. The molecule has 1 aliphatic heterocycles. The molecule has 5 nitrogen and oxygen atoms in total. The third kappa shape index (κ3) is 4.41. The summed E-state index contributed by atoms with van der Waals surface area (Å²) in [5.74, 6) is 1.35. The van der Waals surface area contributed by atoms with E-state index in [1.165, 1.54) is 11.1 Å². The van der Waals surface area contributed by atoms with E-state index in [4.69, 9.17) is 4.98 Å².